The van der Waals surface area contributed by atoms with Crippen LogP contribution < -0.4 is 19.5 Å². The molecule has 0 atom stereocenters. The van der Waals surface area contributed by atoms with Gasteiger partial charge in [0.05, 0.1) is 27.0 Å². The van der Waals surface area contributed by atoms with E-state index in [-0.39, 0.29) is 11.7 Å². The van der Waals surface area contributed by atoms with Crippen molar-refractivity contribution in [2.45, 2.75) is 6.92 Å². The fourth-order valence-corrected chi connectivity index (χ4v) is 3.69. The number of nitrogens with zero attached hydrogens (tertiary/aromatic N) is 1. The number of hydrogen-bond donors (Lipinski definition) is 1. The van der Waals surface area contributed by atoms with Crippen LogP contribution in [0.2, 0.25) is 0 Å². The second-order valence-corrected chi connectivity index (χ2v) is 6.78. The smallest absolute Gasteiger partial charge is 0.267 e. The lowest BCUT2D eigenvalue weighted by atomic mass is 10.2. The van der Waals surface area contributed by atoms with E-state index < -0.39 is 0 Å². The molecule has 0 fully saturated rings. The second-order valence-electron chi connectivity index (χ2n) is 5.78. The van der Waals surface area contributed by atoms with Gasteiger partial charge in [0.2, 0.25) is 5.75 Å². The van der Waals surface area contributed by atoms with Crippen molar-refractivity contribution in [1.29, 1.82) is 0 Å². The van der Waals surface area contributed by atoms with Crippen LogP contribution in [-0.4, -0.2) is 32.2 Å². The third kappa shape index (κ3) is 3.77. The zero-order chi connectivity index (χ0) is 20.3. The van der Waals surface area contributed by atoms with Crippen LogP contribution in [0.15, 0.2) is 36.4 Å². The quantitative estimate of drug-likeness (QED) is 0.656. The summed E-state index contributed by atoms with van der Waals surface area (Å²) < 4.78 is 29.9. The molecular formula is C20H19FN2O4S. The molecule has 0 radical (unpaired) electrons. The molecule has 3 aromatic rings. The number of hydrogen-bond acceptors (Lipinski definition) is 6. The Kier molecular flexibility index (Phi) is 5.79. The SMILES string of the molecule is COc1cc(NC(=O)c2sc(-c3ccccc3F)nc2C)cc(OC)c1OC. The number of ether oxygens (including phenoxy) is 3. The van der Waals surface area contributed by atoms with E-state index in [1.54, 1.807) is 37.3 Å². The number of methoxy groups -OCH3 is 3. The highest BCUT2D eigenvalue weighted by atomic mass is 32.1. The summed E-state index contributed by atoms with van der Waals surface area (Å²) >= 11 is 1.13. The maximum absolute atomic E-state index is 14.0. The van der Waals surface area contributed by atoms with E-state index in [1.165, 1.54) is 27.4 Å². The Balaban J connectivity index is 1.91. The fraction of sp³-hybridized carbons (Fsp3) is 0.200. The summed E-state index contributed by atoms with van der Waals surface area (Å²) in [6.45, 7) is 1.71. The fourth-order valence-electron chi connectivity index (χ4n) is 2.70. The summed E-state index contributed by atoms with van der Waals surface area (Å²) in [7, 11) is 4.50. The highest BCUT2D eigenvalue weighted by Gasteiger charge is 2.20. The van der Waals surface area contributed by atoms with Gasteiger partial charge >= 0.3 is 0 Å². The number of thiazole rings is 1. The Hall–Kier alpha value is -3.13. The van der Waals surface area contributed by atoms with Crippen LogP contribution in [0.1, 0.15) is 15.4 Å². The average molecular weight is 402 g/mol. The van der Waals surface area contributed by atoms with E-state index >= 15 is 0 Å². The van der Waals surface area contributed by atoms with Gasteiger partial charge in [-0.05, 0) is 19.1 Å². The minimum atomic E-state index is -0.382. The van der Waals surface area contributed by atoms with Gasteiger partial charge < -0.3 is 19.5 Å². The monoisotopic (exact) mass is 402 g/mol. The molecule has 0 saturated heterocycles. The molecule has 1 N–H and O–H groups in total. The van der Waals surface area contributed by atoms with E-state index in [4.69, 9.17) is 14.2 Å². The molecule has 2 aromatic carbocycles. The number of aromatic nitrogens is 1. The average Bonchev–Trinajstić information content (AvgIpc) is 3.09. The van der Waals surface area contributed by atoms with E-state index in [0.717, 1.165) is 11.3 Å². The van der Waals surface area contributed by atoms with Gasteiger partial charge in [-0.2, -0.15) is 0 Å². The number of carbonyl (C=O) groups is 1. The number of rotatable bonds is 6. The van der Waals surface area contributed by atoms with Crippen LogP contribution in [0.25, 0.3) is 10.6 Å². The molecule has 0 aliphatic rings. The molecule has 0 spiro atoms. The van der Waals surface area contributed by atoms with Crippen molar-refractivity contribution in [2.75, 3.05) is 26.6 Å². The summed E-state index contributed by atoms with van der Waals surface area (Å²) in [5.74, 6) is 0.536. The number of nitrogens with one attached hydrogen (secondary N) is 1. The van der Waals surface area contributed by atoms with Crippen LogP contribution in [0, 0.1) is 12.7 Å². The first-order valence-corrected chi connectivity index (χ1v) is 9.13. The highest BCUT2D eigenvalue weighted by molar-refractivity contribution is 7.17. The number of benzene rings is 2. The largest absolute Gasteiger partial charge is 0.493 e. The van der Waals surface area contributed by atoms with Gasteiger partial charge in [-0.3, -0.25) is 4.79 Å². The zero-order valence-corrected chi connectivity index (χ0v) is 16.6. The molecule has 3 rings (SSSR count). The first-order chi connectivity index (χ1) is 13.5. The molecule has 8 heteroatoms. The molecule has 0 saturated carbocycles. The van der Waals surface area contributed by atoms with E-state index in [2.05, 4.69) is 10.3 Å². The van der Waals surface area contributed by atoms with Crippen molar-refractivity contribution in [2.24, 2.45) is 0 Å². The van der Waals surface area contributed by atoms with Crippen LogP contribution >= 0.6 is 11.3 Å². The van der Waals surface area contributed by atoms with Crippen LogP contribution in [0.4, 0.5) is 10.1 Å². The Morgan fingerprint density at radius 3 is 2.29 bits per heavy atom. The first kappa shape index (κ1) is 19.6. The molecule has 0 aliphatic heterocycles. The lowest BCUT2D eigenvalue weighted by molar-refractivity contribution is 0.103. The number of halogens is 1. The van der Waals surface area contributed by atoms with Gasteiger partial charge in [0, 0.05) is 23.4 Å². The summed E-state index contributed by atoms with van der Waals surface area (Å²) in [6, 6.07) is 9.60. The third-order valence-corrected chi connectivity index (χ3v) is 5.22. The van der Waals surface area contributed by atoms with Gasteiger partial charge in [-0.15, -0.1) is 11.3 Å². The lowest BCUT2D eigenvalue weighted by Gasteiger charge is -2.14. The minimum absolute atomic E-state index is 0.355. The van der Waals surface area contributed by atoms with Crippen molar-refractivity contribution < 1.29 is 23.4 Å². The number of amides is 1. The van der Waals surface area contributed by atoms with Gasteiger partial charge in [0.15, 0.2) is 11.5 Å². The molecule has 1 heterocycles. The summed E-state index contributed by atoms with van der Waals surface area (Å²) in [5, 5.41) is 3.25. The standard InChI is InChI=1S/C20H19FN2O4S/c1-11-18(28-20(22-11)13-7-5-6-8-14(13)21)19(24)23-12-9-15(25-2)17(27-4)16(10-12)26-3/h5-10H,1-4H3,(H,23,24). The highest BCUT2D eigenvalue weighted by Crippen LogP contribution is 2.40. The number of anilines is 1. The Morgan fingerprint density at radius 2 is 1.71 bits per heavy atom. The predicted octanol–water partition coefficient (Wildman–Crippen LogP) is 4.54. The molecule has 28 heavy (non-hydrogen) atoms. The predicted molar refractivity (Wildman–Crippen MR) is 106 cm³/mol. The molecule has 6 nitrogen and oxygen atoms in total. The van der Waals surface area contributed by atoms with Crippen molar-refractivity contribution in [1.82, 2.24) is 4.98 Å². The second kappa shape index (κ2) is 8.26. The van der Waals surface area contributed by atoms with Crippen LogP contribution in [0.5, 0.6) is 17.2 Å². The van der Waals surface area contributed by atoms with Crippen molar-refractivity contribution >= 4 is 22.9 Å². The summed E-state index contributed by atoms with van der Waals surface area (Å²) in [6.07, 6.45) is 0. The summed E-state index contributed by atoms with van der Waals surface area (Å²) in [5.41, 5.74) is 1.36. The molecule has 0 bridgehead atoms. The summed E-state index contributed by atoms with van der Waals surface area (Å²) in [4.78, 5) is 17.5. The lowest BCUT2D eigenvalue weighted by Crippen LogP contribution is -2.12. The number of aryl methyl sites for hydroxylation is 1. The molecule has 0 aliphatic carbocycles. The van der Waals surface area contributed by atoms with E-state index in [1.807, 2.05) is 0 Å². The van der Waals surface area contributed by atoms with Crippen molar-refractivity contribution in [3.63, 3.8) is 0 Å². The van der Waals surface area contributed by atoms with Gasteiger partial charge in [-0.25, -0.2) is 9.37 Å². The Bertz CT molecular complexity index is 994. The van der Waals surface area contributed by atoms with Crippen molar-refractivity contribution in [3.8, 4) is 27.8 Å². The van der Waals surface area contributed by atoms with Gasteiger partial charge in [0.25, 0.3) is 5.91 Å². The Morgan fingerprint density at radius 1 is 1.07 bits per heavy atom. The topological polar surface area (TPSA) is 69.7 Å². The Labute approximate surface area is 165 Å². The third-order valence-electron chi connectivity index (χ3n) is 4.03. The van der Waals surface area contributed by atoms with Gasteiger partial charge in [-0.1, -0.05) is 12.1 Å². The molecule has 146 valence electrons. The van der Waals surface area contributed by atoms with E-state index in [9.17, 15) is 9.18 Å². The van der Waals surface area contributed by atoms with E-state index in [0.29, 0.717) is 44.1 Å². The minimum Gasteiger partial charge on any atom is -0.493 e. The number of carbonyl (C=O) groups excluding carboxylic acids is 1. The zero-order valence-electron chi connectivity index (χ0n) is 15.8. The van der Waals surface area contributed by atoms with Crippen molar-refractivity contribution in [3.05, 3.63) is 52.8 Å². The maximum atomic E-state index is 14.0. The van der Waals surface area contributed by atoms with Crippen LogP contribution in [0.3, 0.4) is 0 Å². The molecule has 1 aromatic heterocycles. The normalized spacial score (nSPS) is 10.5. The molecular weight excluding hydrogens is 383 g/mol. The molecule has 1 amide bonds. The molecule has 0 unspecified atom stereocenters. The first-order valence-electron chi connectivity index (χ1n) is 8.32. The van der Waals surface area contributed by atoms with Gasteiger partial charge in [0.1, 0.15) is 15.7 Å². The maximum Gasteiger partial charge on any atom is 0.267 e. The van der Waals surface area contributed by atoms with Crippen LogP contribution in [-0.2, 0) is 0 Å².